The Morgan fingerprint density at radius 3 is 2.34 bits per heavy atom. The van der Waals surface area contributed by atoms with Gasteiger partial charge in [0.15, 0.2) is 0 Å². The maximum Gasteiger partial charge on any atom is 0.307 e. The van der Waals surface area contributed by atoms with Crippen molar-refractivity contribution < 1.29 is 28.7 Å². The SMILES string of the molecule is CCCCCN(CC(=O)N[C@H](COCC)CC(=O)OC)C(=O)[C@@H](NC(=O)c1ccc(N)c(Cl)c1)C(C)(C)C. The van der Waals surface area contributed by atoms with Gasteiger partial charge in [-0.15, -0.1) is 0 Å². The summed E-state index contributed by atoms with van der Waals surface area (Å²) in [5.74, 6) is -1.78. The summed E-state index contributed by atoms with van der Waals surface area (Å²) in [6.45, 7) is 10.0. The Morgan fingerprint density at radius 2 is 1.79 bits per heavy atom. The molecule has 0 bridgehead atoms. The average Bonchev–Trinajstić information content (AvgIpc) is 2.85. The number of nitrogen functional groups attached to an aromatic ring is 1. The molecule has 10 nitrogen and oxygen atoms in total. The zero-order valence-electron chi connectivity index (χ0n) is 23.4. The number of anilines is 1. The van der Waals surface area contributed by atoms with Gasteiger partial charge in [0.2, 0.25) is 11.8 Å². The molecule has 38 heavy (non-hydrogen) atoms. The van der Waals surface area contributed by atoms with Crippen molar-refractivity contribution in [3.63, 3.8) is 0 Å². The van der Waals surface area contributed by atoms with E-state index >= 15 is 0 Å². The maximum absolute atomic E-state index is 13.8. The van der Waals surface area contributed by atoms with E-state index in [1.807, 2.05) is 34.6 Å². The Labute approximate surface area is 230 Å². The molecule has 0 spiro atoms. The van der Waals surface area contributed by atoms with Crippen molar-refractivity contribution >= 4 is 41.0 Å². The van der Waals surface area contributed by atoms with Crippen LogP contribution in [0.25, 0.3) is 0 Å². The molecule has 0 heterocycles. The van der Waals surface area contributed by atoms with Gasteiger partial charge < -0.3 is 30.7 Å². The Kier molecular flexibility index (Phi) is 14.1. The third kappa shape index (κ3) is 11.3. The lowest BCUT2D eigenvalue weighted by molar-refractivity contribution is -0.143. The zero-order valence-corrected chi connectivity index (χ0v) is 24.2. The number of methoxy groups -OCH3 is 1. The number of amides is 3. The summed E-state index contributed by atoms with van der Waals surface area (Å²) in [4.78, 5) is 53.0. The molecule has 0 saturated carbocycles. The van der Waals surface area contributed by atoms with Crippen LogP contribution in [0.1, 0.15) is 70.7 Å². The summed E-state index contributed by atoms with van der Waals surface area (Å²) in [5, 5.41) is 5.84. The number of rotatable bonds is 15. The standard InChI is InChI=1S/C27H43ClN4O6/c1-7-9-10-13-32(16-22(33)30-19(17-38-8-2)15-23(34)37-6)26(36)24(27(3,4)5)31-25(35)18-11-12-21(29)20(28)14-18/h11-12,14,19,24H,7-10,13,15-17,29H2,1-6H3,(H,30,33)(H,31,35)/t19-,24+/m0/s1. The molecular weight excluding hydrogens is 512 g/mol. The average molecular weight is 555 g/mol. The molecule has 0 saturated heterocycles. The first kappa shape index (κ1) is 33.2. The molecule has 11 heteroatoms. The quantitative estimate of drug-likeness (QED) is 0.172. The topological polar surface area (TPSA) is 140 Å². The van der Waals surface area contributed by atoms with Crippen molar-refractivity contribution in [2.45, 2.75) is 72.4 Å². The summed E-state index contributed by atoms with van der Waals surface area (Å²) in [5.41, 5.74) is 5.70. The first-order valence-corrected chi connectivity index (χ1v) is 13.3. The number of nitrogens with two attached hydrogens (primary N) is 1. The van der Waals surface area contributed by atoms with Crippen LogP contribution in [0.5, 0.6) is 0 Å². The highest BCUT2D eigenvalue weighted by atomic mass is 35.5. The van der Waals surface area contributed by atoms with E-state index in [2.05, 4.69) is 10.6 Å². The Hall–Kier alpha value is -2.85. The van der Waals surface area contributed by atoms with E-state index in [-0.39, 0.29) is 36.1 Å². The number of esters is 1. The molecule has 4 N–H and O–H groups in total. The van der Waals surface area contributed by atoms with Gasteiger partial charge in [0.25, 0.3) is 5.91 Å². The van der Waals surface area contributed by atoms with Gasteiger partial charge in [-0.25, -0.2) is 0 Å². The van der Waals surface area contributed by atoms with E-state index in [4.69, 9.17) is 26.8 Å². The van der Waals surface area contributed by atoms with Crippen molar-refractivity contribution in [3.05, 3.63) is 28.8 Å². The van der Waals surface area contributed by atoms with Gasteiger partial charge in [-0.05, 0) is 37.0 Å². The highest BCUT2D eigenvalue weighted by Crippen LogP contribution is 2.24. The first-order chi connectivity index (χ1) is 17.8. The number of halogens is 1. The Bertz CT molecular complexity index is 950. The molecule has 1 aromatic rings. The smallest absolute Gasteiger partial charge is 0.307 e. The van der Waals surface area contributed by atoms with Crippen LogP contribution in [0.2, 0.25) is 5.02 Å². The fourth-order valence-electron chi connectivity index (χ4n) is 3.68. The Morgan fingerprint density at radius 1 is 1.11 bits per heavy atom. The molecule has 0 radical (unpaired) electrons. The van der Waals surface area contributed by atoms with Crippen LogP contribution < -0.4 is 16.4 Å². The number of benzene rings is 1. The van der Waals surface area contributed by atoms with Gasteiger partial charge in [0.05, 0.1) is 43.4 Å². The first-order valence-electron chi connectivity index (χ1n) is 12.9. The van der Waals surface area contributed by atoms with Crippen molar-refractivity contribution in [3.8, 4) is 0 Å². The van der Waals surface area contributed by atoms with Gasteiger partial charge in [-0.1, -0.05) is 52.1 Å². The fraction of sp³-hybridized carbons (Fsp3) is 0.630. The van der Waals surface area contributed by atoms with Crippen molar-refractivity contribution in [2.75, 3.05) is 39.1 Å². The van der Waals surface area contributed by atoms with Gasteiger partial charge in [-0.3, -0.25) is 19.2 Å². The summed E-state index contributed by atoms with van der Waals surface area (Å²) in [7, 11) is 1.27. The number of hydrogen-bond acceptors (Lipinski definition) is 7. The second kappa shape index (κ2) is 16.2. The van der Waals surface area contributed by atoms with Crippen molar-refractivity contribution in [1.29, 1.82) is 0 Å². The van der Waals surface area contributed by atoms with E-state index < -0.39 is 35.3 Å². The van der Waals surface area contributed by atoms with Crippen molar-refractivity contribution in [2.24, 2.45) is 5.41 Å². The van der Waals surface area contributed by atoms with Crippen LogP contribution in [-0.4, -0.2) is 74.1 Å². The number of hydrogen-bond donors (Lipinski definition) is 3. The largest absolute Gasteiger partial charge is 0.469 e. The minimum Gasteiger partial charge on any atom is -0.469 e. The molecule has 1 rings (SSSR count). The van der Waals surface area contributed by atoms with E-state index in [0.717, 1.165) is 12.8 Å². The van der Waals surface area contributed by atoms with Gasteiger partial charge in [0, 0.05) is 18.7 Å². The van der Waals surface area contributed by atoms with E-state index in [1.54, 1.807) is 0 Å². The Balaban J connectivity index is 3.12. The highest BCUT2D eigenvalue weighted by Gasteiger charge is 2.36. The second-order valence-electron chi connectivity index (χ2n) is 10.2. The third-order valence-corrected chi connectivity index (χ3v) is 6.19. The molecule has 0 aliphatic heterocycles. The normalized spacial score (nSPS) is 12.8. The number of carbonyl (C=O) groups excluding carboxylic acids is 4. The van der Waals surface area contributed by atoms with Crippen molar-refractivity contribution in [1.82, 2.24) is 15.5 Å². The fourth-order valence-corrected chi connectivity index (χ4v) is 3.86. The molecule has 0 fully saturated rings. The zero-order chi connectivity index (χ0) is 28.9. The minimum atomic E-state index is -0.921. The molecule has 1 aromatic carbocycles. The highest BCUT2D eigenvalue weighted by molar-refractivity contribution is 6.33. The van der Waals surface area contributed by atoms with E-state index in [1.165, 1.54) is 30.2 Å². The minimum absolute atomic E-state index is 0.0587. The van der Waals surface area contributed by atoms with Crippen LogP contribution in [0, 0.1) is 5.41 Å². The second-order valence-corrected chi connectivity index (χ2v) is 10.6. The van der Waals surface area contributed by atoms with Gasteiger partial charge in [0.1, 0.15) is 6.04 Å². The molecule has 0 aliphatic rings. The van der Waals surface area contributed by atoms with Crippen LogP contribution in [-0.2, 0) is 23.9 Å². The van der Waals surface area contributed by atoms with Gasteiger partial charge >= 0.3 is 5.97 Å². The third-order valence-electron chi connectivity index (χ3n) is 5.86. The lowest BCUT2D eigenvalue weighted by Gasteiger charge is -2.35. The number of nitrogens with zero attached hydrogens (tertiary/aromatic N) is 1. The summed E-state index contributed by atoms with van der Waals surface area (Å²) >= 11 is 6.08. The van der Waals surface area contributed by atoms with E-state index in [9.17, 15) is 19.2 Å². The molecule has 2 atom stereocenters. The monoisotopic (exact) mass is 554 g/mol. The maximum atomic E-state index is 13.8. The molecule has 214 valence electrons. The van der Waals surface area contributed by atoms with Crippen LogP contribution in [0.15, 0.2) is 18.2 Å². The predicted octanol–water partition coefficient (Wildman–Crippen LogP) is 3.17. The van der Waals surface area contributed by atoms with Gasteiger partial charge in [-0.2, -0.15) is 0 Å². The number of ether oxygens (including phenoxy) is 2. The summed E-state index contributed by atoms with van der Waals surface area (Å²) < 4.78 is 10.1. The van der Waals surface area contributed by atoms with Crippen LogP contribution in [0.4, 0.5) is 5.69 Å². The predicted molar refractivity (Wildman–Crippen MR) is 148 cm³/mol. The summed E-state index contributed by atoms with van der Waals surface area (Å²) in [6, 6.07) is 2.99. The lowest BCUT2D eigenvalue weighted by atomic mass is 9.85. The van der Waals surface area contributed by atoms with Crippen LogP contribution >= 0.6 is 11.6 Å². The van der Waals surface area contributed by atoms with E-state index in [0.29, 0.717) is 25.3 Å². The number of carbonyl (C=O) groups is 4. The molecule has 0 unspecified atom stereocenters. The number of nitrogens with one attached hydrogen (secondary N) is 2. The summed E-state index contributed by atoms with van der Waals surface area (Å²) in [6.07, 6.45) is 2.44. The molecule has 0 aromatic heterocycles. The molecular formula is C27H43ClN4O6. The number of unbranched alkanes of at least 4 members (excludes halogenated alkanes) is 2. The molecule has 3 amide bonds. The molecule has 0 aliphatic carbocycles. The van der Waals surface area contributed by atoms with Crippen LogP contribution in [0.3, 0.4) is 0 Å². The lowest BCUT2D eigenvalue weighted by Crippen LogP contribution is -2.57.